The van der Waals surface area contributed by atoms with Crippen LogP contribution in [0.15, 0.2) is 77.9 Å². The van der Waals surface area contributed by atoms with E-state index in [0.717, 1.165) is 22.5 Å². The zero-order chi connectivity index (χ0) is 22.0. The number of carbonyl (C=O) groups excluding carboxylic acids is 1. The maximum atomic E-state index is 13.2. The molecule has 1 atom stereocenters. The van der Waals surface area contributed by atoms with Crippen LogP contribution in [0.3, 0.4) is 0 Å². The van der Waals surface area contributed by atoms with Crippen molar-refractivity contribution in [2.24, 2.45) is 5.10 Å². The van der Waals surface area contributed by atoms with Crippen molar-refractivity contribution < 1.29 is 4.79 Å². The summed E-state index contributed by atoms with van der Waals surface area (Å²) in [5, 5.41) is 10.5. The number of rotatable bonds is 4. The van der Waals surface area contributed by atoms with Gasteiger partial charge in [-0.3, -0.25) is 0 Å². The van der Waals surface area contributed by atoms with Gasteiger partial charge in [0, 0.05) is 22.2 Å². The minimum atomic E-state index is -0.277. The molecule has 0 bridgehead atoms. The third-order valence-electron chi connectivity index (χ3n) is 5.38. The molecular formula is C25H23Cl2N3O. The van der Waals surface area contributed by atoms with E-state index in [1.54, 1.807) is 0 Å². The maximum absolute atomic E-state index is 13.2. The van der Waals surface area contributed by atoms with Gasteiger partial charge >= 0.3 is 6.03 Å². The molecule has 0 unspecified atom stereocenters. The van der Waals surface area contributed by atoms with Gasteiger partial charge in [-0.2, -0.15) is 5.10 Å². The number of nitrogens with zero attached hydrogens (tertiary/aromatic N) is 2. The maximum Gasteiger partial charge on any atom is 0.342 e. The normalized spacial score (nSPS) is 15.8. The van der Waals surface area contributed by atoms with Gasteiger partial charge in [0.25, 0.3) is 0 Å². The van der Waals surface area contributed by atoms with E-state index in [0.29, 0.717) is 22.4 Å². The van der Waals surface area contributed by atoms with Crippen LogP contribution in [0.2, 0.25) is 10.0 Å². The Bertz CT molecular complexity index is 1090. The molecule has 4 nitrogen and oxygen atoms in total. The fourth-order valence-electron chi connectivity index (χ4n) is 3.59. The Balaban J connectivity index is 1.61. The van der Waals surface area contributed by atoms with Crippen LogP contribution in [-0.4, -0.2) is 16.8 Å². The first-order valence-corrected chi connectivity index (χ1v) is 11.0. The van der Waals surface area contributed by atoms with Gasteiger partial charge in [-0.05, 0) is 59.0 Å². The van der Waals surface area contributed by atoms with Crippen LogP contribution >= 0.6 is 23.2 Å². The first-order valence-electron chi connectivity index (χ1n) is 10.2. The highest BCUT2D eigenvalue weighted by atomic mass is 35.5. The van der Waals surface area contributed by atoms with E-state index in [2.05, 4.69) is 24.3 Å². The summed E-state index contributed by atoms with van der Waals surface area (Å²) in [5.74, 6) is 0.434. The summed E-state index contributed by atoms with van der Waals surface area (Å²) in [5.41, 5.74) is 4.71. The molecule has 0 radical (unpaired) electrons. The molecule has 0 aromatic heterocycles. The molecule has 0 saturated carbocycles. The van der Waals surface area contributed by atoms with Crippen LogP contribution < -0.4 is 5.32 Å². The van der Waals surface area contributed by atoms with Crippen LogP contribution in [0.1, 0.15) is 48.9 Å². The van der Waals surface area contributed by atoms with Crippen LogP contribution in [0.5, 0.6) is 0 Å². The summed E-state index contributed by atoms with van der Waals surface area (Å²) in [6, 6.07) is 22.4. The van der Waals surface area contributed by atoms with Crippen LogP contribution in [0.4, 0.5) is 10.5 Å². The minimum Gasteiger partial charge on any atom is -0.306 e. The molecule has 0 saturated heterocycles. The summed E-state index contributed by atoms with van der Waals surface area (Å²) in [7, 11) is 0. The van der Waals surface area contributed by atoms with Gasteiger partial charge in [0.1, 0.15) is 0 Å². The van der Waals surface area contributed by atoms with E-state index in [4.69, 9.17) is 23.2 Å². The predicted octanol–water partition coefficient (Wildman–Crippen LogP) is 7.50. The van der Waals surface area contributed by atoms with Gasteiger partial charge in [-0.25, -0.2) is 9.80 Å². The number of anilines is 1. The number of amides is 2. The Hall–Kier alpha value is -2.82. The monoisotopic (exact) mass is 451 g/mol. The van der Waals surface area contributed by atoms with Crippen LogP contribution in [-0.2, 0) is 0 Å². The number of hydrogen-bond donors (Lipinski definition) is 1. The Morgan fingerprint density at radius 3 is 2.10 bits per heavy atom. The second-order valence-corrected chi connectivity index (χ2v) is 8.75. The summed E-state index contributed by atoms with van der Waals surface area (Å²) in [4.78, 5) is 13.2. The first kappa shape index (κ1) is 21.4. The fraction of sp³-hybridized carbons (Fsp3) is 0.200. The summed E-state index contributed by atoms with van der Waals surface area (Å²) in [6.07, 6.45) is 0.600. The van der Waals surface area contributed by atoms with Gasteiger partial charge in [0.2, 0.25) is 0 Å². The lowest BCUT2D eigenvalue weighted by molar-refractivity contribution is 0.200. The second kappa shape index (κ2) is 9.13. The van der Waals surface area contributed by atoms with Crippen molar-refractivity contribution in [2.75, 3.05) is 5.32 Å². The number of halogens is 2. The van der Waals surface area contributed by atoms with E-state index < -0.39 is 0 Å². The average molecular weight is 452 g/mol. The zero-order valence-corrected chi connectivity index (χ0v) is 18.9. The van der Waals surface area contributed by atoms with E-state index in [9.17, 15) is 4.79 Å². The lowest BCUT2D eigenvalue weighted by atomic mass is 9.98. The molecule has 3 aromatic rings. The molecule has 0 aliphatic carbocycles. The van der Waals surface area contributed by atoms with Gasteiger partial charge < -0.3 is 5.32 Å². The van der Waals surface area contributed by atoms with Crippen molar-refractivity contribution >= 4 is 40.6 Å². The molecule has 1 aliphatic rings. The quantitative estimate of drug-likeness (QED) is 0.438. The molecule has 6 heteroatoms. The van der Waals surface area contributed by atoms with Gasteiger partial charge in [0.15, 0.2) is 0 Å². The molecule has 158 valence electrons. The summed E-state index contributed by atoms with van der Waals surface area (Å²) >= 11 is 12.1. The number of carbonyl (C=O) groups is 1. The number of hydrogen-bond acceptors (Lipinski definition) is 2. The van der Waals surface area contributed by atoms with Gasteiger partial charge in [0.05, 0.1) is 11.8 Å². The van der Waals surface area contributed by atoms with E-state index in [1.807, 2.05) is 72.8 Å². The molecule has 1 heterocycles. The summed E-state index contributed by atoms with van der Waals surface area (Å²) < 4.78 is 0. The highest BCUT2D eigenvalue weighted by molar-refractivity contribution is 6.31. The van der Waals surface area contributed by atoms with Crippen molar-refractivity contribution in [3.8, 4) is 0 Å². The molecule has 1 aliphatic heterocycles. The molecule has 0 fully saturated rings. The van der Waals surface area contributed by atoms with Crippen molar-refractivity contribution in [3.05, 3.63) is 99.5 Å². The van der Waals surface area contributed by atoms with E-state index >= 15 is 0 Å². The Labute approximate surface area is 192 Å². The molecule has 0 spiro atoms. The van der Waals surface area contributed by atoms with E-state index in [1.165, 1.54) is 10.6 Å². The Morgan fingerprint density at radius 2 is 1.52 bits per heavy atom. The molecule has 4 rings (SSSR count). The highest BCUT2D eigenvalue weighted by Crippen LogP contribution is 2.34. The number of benzene rings is 3. The summed E-state index contributed by atoms with van der Waals surface area (Å²) in [6.45, 7) is 4.28. The third-order valence-corrected chi connectivity index (χ3v) is 5.88. The van der Waals surface area contributed by atoms with E-state index in [-0.39, 0.29) is 12.1 Å². The largest absolute Gasteiger partial charge is 0.342 e. The lowest BCUT2D eigenvalue weighted by Gasteiger charge is -2.22. The highest BCUT2D eigenvalue weighted by Gasteiger charge is 2.33. The Kier molecular flexibility index (Phi) is 6.30. The minimum absolute atomic E-state index is 0.224. The lowest BCUT2D eigenvalue weighted by Crippen LogP contribution is -2.31. The average Bonchev–Trinajstić information content (AvgIpc) is 3.21. The zero-order valence-electron chi connectivity index (χ0n) is 17.3. The van der Waals surface area contributed by atoms with Crippen LogP contribution in [0, 0.1) is 0 Å². The van der Waals surface area contributed by atoms with Gasteiger partial charge in [-0.1, -0.05) is 73.4 Å². The smallest absolute Gasteiger partial charge is 0.306 e. The standard InChI is InChI=1S/C25H23Cl2N3O/c1-16(2)17-7-13-22(14-8-17)28-25(31)30-24(19-5-11-21(27)12-6-19)15-23(29-30)18-3-9-20(26)10-4-18/h3-14,16,24H,15H2,1-2H3,(H,28,31)/t24-/m0/s1. The first-order chi connectivity index (χ1) is 14.9. The molecule has 2 amide bonds. The van der Waals surface area contributed by atoms with Crippen LogP contribution in [0.25, 0.3) is 0 Å². The van der Waals surface area contributed by atoms with Crippen molar-refractivity contribution in [2.45, 2.75) is 32.2 Å². The predicted molar refractivity (Wildman–Crippen MR) is 128 cm³/mol. The SMILES string of the molecule is CC(C)c1ccc(NC(=O)N2N=C(c3ccc(Cl)cc3)C[C@H]2c2ccc(Cl)cc2)cc1. The fourth-order valence-corrected chi connectivity index (χ4v) is 3.84. The number of hydrazone groups is 1. The topological polar surface area (TPSA) is 44.7 Å². The van der Waals surface area contributed by atoms with Crippen molar-refractivity contribution in [1.82, 2.24) is 5.01 Å². The second-order valence-electron chi connectivity index (χ2n) is 7.88. The third kappa shape index (κ3) is 4.92. The molecule has 3 aromatic carbocycles. The molecular weight excluding hydrogens is 429 g/mol. The molecule has 31 heavy (non-hydrogen) atoms. The Morgan fingerprint density at radius 1 is 0.935 bits per heavy atom. The number of urea groups is 1. The number of nitrogens with one attached hydrogen (secondary N) is 1. The van der Waals surface area contributed by atoms with Crippen molar-refractivity contribution in [3.63, 3.8) is 0 Å². The van der Waals surface area contributed by atoms with Gasteiger partial charge in [-0.15, -0.1) is 0 Å². The molecule has 1 N–H and O–H groups in total. The van der Waals surface area contributed by atoms with Crippen molar-refractivity contribution in [1.29, 1.82) is 0 Å².